The number of carbonyl (C=O) groups excluding carboxylic acids is 1. The Labute approximate surface area is 78.7 Å². The highest BCUT2D eigenvalue weighted by Crippen LogP contribution is 2.02. The molecule has 13 heavy (non-hydrogen) atoms. The van der Waals surface area contributed by atoms with E-state index in [-0.39, 0.29) is 11.7 Å². The maximum absolute atomic E-state index is 11.1. The van der Waals surface area contributed by atoms with Crippen LogP contribution in [-0.4, -0.2) is 26.1 Å². The predicted molar refractivity (Wildman–Crippen MR) is 50.4 cm³/mol. The normalized spacial score (nSPS) is 14.5. The van der Waals surface area contributed by atoms with Gasteiger partial charge in [0.1, 0.15) is 6.04 Å². The highest BCUT2D eigenvalue weighted by Gasteiger charge is 2.23. The van der Waals surface area contributed by atoms with Crippen molar-refractivity contribution in [2.24, 2.45) is 11.7 Å². The molecule has 0 bridgehead atoms. The Morgan fingerprint density at radius 2 is 1.92 bits per heavy atom. The van der Waals surface area contributed by atoms with Gasteiger partial charge in [-0.2, -0.15) is 0 Å². The van der Waals surface area contributed by atoms with Gasteiger partial charge in [0.25, 0.3) is 0 Å². The van der Waals surface area contributed by atoms with Crippen molar-refractivity contribution < 1.29 is 13.2 Å². The molecule has 5 nitrogen and oxygen atoms in total. The molecule has 0 heterocycles. The summed E-state index contributed by atoms with van der Waals surface area (Å²) >= 11 is 0. The van der Waals surface area contributed by atoms with Gasteiger partial charge in [-0.15, -0.1) is 0 Å². The Morgan fingerprint density at radius 1 is 1.46 bits per heavy atom. The summed E-state index contributed by atoms with van der Waals surface area (Å²) in [5.41, 5.74) is 5.03. The van der Waals surface area contributed by atoms with E-state index in [0.717, 1.165) is 0 Å². The highest BCUT2D eigenvalue weighted by atomic mass is 32.2. The molecule has 0 spiro atoms. The lowest BCUT2D eigenvalue weighted by atomic mass is 10.1. The largest absolute Gasteiger partial charge is 0.368 e. The molecule has 0 aliphatic carbocycles. The molecule has 0 saturated heterocycles. The maximum atomic E-state index is 11.1. The Hall–Kier alpha value is -0.620. The zero-order valence-electron chi connectivity index (χ0n) is 8.07. The summed E-state index contributed by atoms with van der Waals surface area (Å²) in [7, 11) is -3.36. The molecule has 1 amide bonds. The number of rotatable bonds is 5. The Morgan fingerprint density at radius 3 is 2.15 bits per heavy atom. The van der Waals surface area contributed by atoms with Crippen molar-refractivity contribution in [2.75, 3.05) is 5.75 Å². The van der Waals surface area contributed by atoms with Crippen LogP contribution in [-0.2, 0) is 14.8 Å². The Kier molecular flexibility index (Phi) is 4.35. The van der Waals surface area contributed by atoms with Gasteiger partial charge in [0.15, 0.2) is 0 Å². The third-order valence-corrected chi connectivity index (χ3v) is 3.03. The van der Waals surface area contributed by atoms with E-state index < -0.39 is 22.0 Å². The smallest absolute Gasteiger partial charge is 0.235 e. The van der Waals surface area contributed by atoms with Crippen LogP contribution < -0.4 is 10.5 Å². The van der Waals surface area contributed by atoms with E-state index in [1.807, 2.05) is 0 Å². The number of hydrogen-bond donors (Lipinski definition) is 2. The summed E-state index contributed by atoms with van der Waals surface area (Å²) in [4.78, 5) is 10.8. The van der Waals surface area contributed by atoms with Gasteiger partial charge in [0.2, 0.25) is 15.9 Å². The summed E-state index contributed by atoms with van der Waals surface area (Å²) < 4.78 is 24.4. The molecule has 0 aliphatic heterocycles. The molecular weight excluding hydrogens is 192 g/mol. The van der Waals surface area contributed by atoms with E-state index in [2.05, 4.69) is 4.72 Å². The van der Waals surface area contributed by atoms with Crippen molar-refractivity contribution in [3.63, 3.8) is 0 Å². The van der Waals surface area contributed by atoms with E-state index in [1.165, 1.54) is 6.92 Å². The van der Waals surface area contributed by atoms with Gasteiger partial charge in [-0.25, -0.2) is 13.1 Å². The molecule has 0 aromatic rings. The van der Waals surface area contributed by atoms with Gasteiger partial charge in [-0.1, -0.05) is 13.8 Å². The van der Waals surface area contributed by atoms with Crippen LogP contribution in [0.5, 0.6) is 0 Å². The summed E-state index contributed by atoms with van der Waals surface area (Å²) in [6, 6.07) is -0.815. The molecule has 0 fully saturated rings. The number of hydrogen-bond acceptors (Lipinski definition) is 3. The number of nitrogens with two attached hydrogens (primary N) is 1. The molecule has 0 aromatic carbocycles. The first-order chi connectivity index (χ1) is 5.80. The van der Waals surface area contributed by atoms with E-state index in [0.29, 0.717) is 0 Å². The van der Waals surface area contributed by atoms with Crippen molar-refractivity contribution >= 4 is 15.9 Å². The molecule has 0 aromatic heterocycles. The average molecular weight is 208 g/mol. The van der Waals surface area contributed by atoms with Crippen LogP contribution in [0.25, 0.3) is 0 Å². The SMILES string of the molecule is CCS(=O)(=O)NC(C(N)=O)C(C)C. The zero-order chi connectivity index (χ0) is 10.6. The molecule has 0 rings (SSSR count). The van der Waals surface area contributed by atoms with Crippen LogP contribution >= 0.6 is 0 Å². The third-order valence-electron chi connectivity index (χ3n) is 1.66. The standard InChI is InChI=1S/C7H16N2O3S/c1-4-13(11,12)9-6(5(2)3)7(8)10/h5-6,9H,4H2,1-3H3,(H2,8,10). The first kappa shape index (κ1) is 12.4. The van der Waals surface area contributed by atoms with Crippen LogP contribution in [0.4, 0.5) is 0 Å². The quantitative estimate of drug-likeness (QED) is 0.634. The fraction of sp³-hybridized carbons (Fsp3) is 0.857. The van der Waals surface area contributed by atoms with E-state index in [9.17, 15) is 13.2 Å². The fourth-order valence-corrected chi connectivity index (χ4v) is 1.74. The second-order valence-electron chi connectivity index (χ2n) is 3.15. The summed E-state index contributed by atoms with van der Waals surface area (Å²) in [5.74, 6) is -0.838. The van der Waals surface area contributed by atoms with Crippen molar-refractivity contribution in [1.82, 2.24) is 4.72 Å². The number of sulfonamides is 1. The van der Waals surface area contributed by atoms with Crippen LogP contribution in [0.15, 0.2) is 0 Å². The van der Waals surface area contributed by atoms with Crippen LogP contribution in [0.3, 0.4) is 0 Å². The van der Waals surface area contributed by atoms with Gasteiger partial charge in [0, 0.05) is 0 Å². The molecular formula is C7H16N2O3S. The second-order valence-corrected chi connectivity index (χ2v) is 5.19. The minimum Gasteiger partial charge on any atom is -0.368 e. The van der Waals surface area contributed by atoms with Crippen molar-refractivity contribution in [2.45, 2.75) is 26.8 Å². The summed E-state index contributed by atoms with van der Waals surface area (Å²) in [6.45, 7) is 4.96. The van der Waals surface area contributed by atoms with Gasteiger partial charge in [-0.3, -0.25) is 4.79 Å². The lowest BCUT2D eigenvalue weighted by Crippen LogP contribution is -2.48. The Bertz CT molecular complexity index is 271. The van der Waals surface area contributed by atoms with E-state index >= 15 is 0 Å². The second kappa shape index (κ2) is 4.57. The van der Waals surface area contributed by atoms with Gasteiger partial charge >= 0.3 is 0 Å². The first-order valence-electron chi connectivity index (χ1n) is 4.09. The molecule has 0 radical (unpaired) electrons. The fourth-order valence-electron chi connectivity index (χ4n) is 0.799. The van der Waals surface area contributed by atoms with E-state index in [4.69, 9.17) is 5.73 Å². The number of nitrogens with one attached hydrogen (secondary N) is 1. The molecule has 0 saturated carbocycles. The molecule has 6 heteroatoms. The zero-order valence-corrected chi connectivity index (χ0v) is 8.89. The maximum Gasteiger partial charge on any atom is 0.235 e. The minimum absolute atomic E-state index is 0.0521. The number of primary amides is 1. The summed E-state index contributed by atoms with van der Waals surface area (Å²) in [5, 5.41) is 0. The van der Waals surface area contributed by atoms with Crippen molar-refractivity contribution in [3.05, 3.63) is 0 Å². The lowest BCUT2D eigenvalue weighted by Gasteiger charge is -2.18. The number of carbonyl (C=O) groups is 1. The molecule has 1 unspecified atom stereocenters. The van der Waals surface area contributed by atoms with Gasteiger partial charge in [-0.05, 0) is 12.8 Å². The third kappa shape index (κ3) is 4.23. The molecule has 1 atom stereocenters. The Balaban J connectivity index is 4.54. The average Bonchev–Trinajstić information content (AvgIpc) is 1.99. The monoisotopic (exact) mass is 208 g/mol. The number of amides is 1. The summed E-state index contributed by atoms with van der Waals surface area (Å²) in [6.07, 6.45) is 0. The topological polar surface area (TPSA) is 89.3 Å². The van der Waals surface area contributed by atoms with Crippen LogP contribution in [0, 0.1) is 5.92 Å². The molecule has 3 N–H and O–H groups in total. The first-order valence-corrected chi connectivity index (χ1v) is 5.74. The van der Waals surface area contributed by atoms with E-state index in [1.54, 1.807) is 13.8 Å². The lowest BCUT2D eigenvalue weighted by molar-refractivity contribution is -0.120. The van der Waals surface area contributed by atoms with Crippen LogP contribution in [0.2, 0.25) is 0 Å². The highest BCUT2D eigenvalue weighted by molar-refractivity contribution is 7.89. The molecule has 78 valence electrons. The van der Waals surface area contributed by atoms with Gasteiger partial charge in [0.05, 0.1) is 5.75 Å². The minimum atomic E-state index is -3.36. The van der Waals surface area contributed by atoms with Crippen molar-refractivity contribution in [1.29, 1.82) is 0 Å². The van der Waals surface area contributed by atoms with Crippen LogP contribution in [0.1, 0.15) is 20.8 Å². The predicted octanol–water partition coefficient (Wildman–Crippen LogP) is -0.564. The molecule has 0 aliphatic rings. The van der Waals surface area contributed by atoms with Gasteiger partial charge < -0.3 is 5.73 Å². The van der Waals surface area contributed by atoms with Crippen molar-refractivity contribution in [3.8, 4) is 0 Å².